The molecule has 7 rings (SSSR count). The second-order valence-corrected chi connectivity index (χ2v) is 13.5. The molecular formula is C33H27N4PtS-3. The van der Waals surface area contributed by atoms with Crippen LogP contribution in [0.5, 0.6) is 0 Å². The Hall–Kier alpha value is -3.53. The molecule has 0 radical (unpaired) electrons. The molecule has 4 aromatic carbocycles. The summed E-state index contributed by atoms with van der Waals surface area (Å²) >= 11 is 0. The maximum Gasteiger partial charge on any atom is 0.135 e. The van der Waals surface area contributed by atoms with E-state index in [1.807, 2.05) is 18.3 Å². The average molecular weight is 707 g/mol. The van der Waals surface area contributed by atoms with Crippen LogP contribution in [0.1, 0.15) is 0 Å². The summed E-state index contributed by atoms with van der Waals surface area (Å²) in [4.78, 5) is 11.5. The number of hydrogen-bond donors (Lipinski definition) is 0. The van der Waals surface area contributed by atoms with Crippen molar-refractivity contribution in [3.63, 3.8) is 0 Å². The van der Waals surface area contributed by atoms with Crippen LogP contribution < -0.4 is 9.80 Å². The zero-order valence-electron chi connectivity index (χ0n) is 21.9. The van der Waals surface area contributed by atoms with Crippen molar-refractivity contribution in [1.82, 2.24) is 9.55 Å². The Kier molecular flexibility index (Phi) is 6.53. The summed E-state index contributed by atoms with van der Waals surface area (Å²) < 4.78 is 2.23. The number of anilines is 3. The minimum absolute atomic E-state index is 0. The third-order valence-corrected chi connectivity index (χ3v) is 10.0. The topological polar surface area (TPSA) is 24.3 Å². The molecule has 0 amide bonds. The van der Waals surface area contributed by atoms with Crippen LogP contribution in [-0.2, 0) is 21.1 Å². The molecule has 0 spiro atoms. The molecule has 0 aliphatic carbocycles. The molecule has 3 heterocycles. The Morgan fingerprint density at radius 3 is 2.28 bits per heavy atom. The fourth-order valence-corrected chi connectivity index (χ4v) is 7.12. The Bertz CT molecular complexity index is 1810. The van der Waals surface area contributed by atoms with Gasteiger partial charge in [-0.2, -0.15) is 30.9 Å². The predicted molar refractivity (Wildman–Crippen MR) is 160 cm³/mol. The fourth-order valence-electron chi connectivity index (χ4n) is 5.34. The van der Waals surface area contributed by atoms with Crippen molar-refractivity contribution in [1.29, 1.82) is 0 Å². The van der Waals surface area contributed by atoms with Crippen LogP contribution >= 0.6 is 10.0 Å². The first kappa shape index (κ1) is 25.7. The number of nitrogens with zero attached hydrogens (tertiary/aromatic N) is 4. The van der Waals surface area contributed by atoms with Crippen LogP contribution in [0.15, 0.2) is 113 Å². The van der Waals surface area contributed by atoms with Crippen molar-refractivity contribution in [3.05, 3.63) is 122 Å². The van der Waals surface area contributed by atoms with Gasteiger partial charge >= 0.3 is 0 Å². The van der Waals surface area contributed by atoms with Crippen LogP contribution in [0.3, 0.4) is 0 Å². The normalized spacial score (nSPS) is 13.5. The van der Waals surface area contributed by atoms with Gasteiger partial charge in [0, 0.05) is 44.2 Å². The van der Waals surface area contributed by atoms with Gasteiger partial charge in [0.2, 0.25) is 0 Å². The maximum atomic E-state index is 4.68. The number of benzene rings is 4. The number of rotatable bonds is 4. The minimum Gasteiger partial charge on any atom is -0.504 e. The van der Waals surface area contributed by atoms with E-state index in [0.717, 1.165) is 22.5 Å². The summed E-state index contributed by atoms with van der Waals surface area (Å²) in [6.07, 6.45) is 6.52. The summed E-state index contributed by atoms with van der Waals surface area (Å²) in [6, 6.07) is 41.7. The Morgan fingerprint density at radius 1 is 0.718 bits per heavy atom. The summed E-state index contributed by atoms with van der Waals surface area (Å²) in [5, 5.41) is 2.40. The van der Waals surface area contributed by atoms with E-state index >= 15 is 0 Å². The third-order valence-electron chi connectivity index (χ3n) is 7.36. The first-order chi connectivity index (χ1) is 18.5. The average Bonchev–Trinajstić information content (AvgIpc) is 3.48. The molecule has 0 fully saturated rings. The molecule has 1 aliphatic rings. The maximum absolute atomic E-state index is 4.68. The minimum atomic E-state index is -1.41. The van der Waals surface area contributed by atoms with Crippen molar-refractivity contribution in [2.75, 3.05) is 29.4 Å². The van der Waals surface area contributed by atoms with Gasteiger partial charge in [-0.25, -0.2) is 15.0 Å². The van der Waals surface area contributed by atoms with Crippen molar-refractivity contribution < 1.29 is 21.1 Å². The standard InChI is InChI=1S/C33H27N4S.Pt/c1-35-23-36(31-16-7-6-15-30(31)35)24-11-10-12-25(21-24)38(2,3)26-18-19-28-27-13-4-5-14-29(27)37(32(28)22-26)33-17-8-9-20-34-33;/h4-20,23H,1-3H3;/q-3;. The molecular weight excluding hydrogens is 680 g/mol. The van der Waals surface area contributed by atoms with E-state index in [4.69, 9.17) is 0 Å². The van der Waals surface area contributed by atoms with Crippen LogP contribution in [0.25, 0.3) is 27.6 Å². The van der Waals surface area contributed by atoms with Crippen LogP contribution in [0, 0.1) is 18.8 Å². The molecule has 198 valence electrons. The summed E-state index contributed by atoms with van der Waals surface area (Å²) in [7, 11) is 0.677. The fraction of sp³-hybridized carbons (Fsp3) is 0.0909. The van der Waals surface area contributed by atoms with Crippen LogP contribution in [-0.4, -0.2) is 29.1 Å². The zero-order valence-corrected chi connectivity index (χ0v) is 25.0. The summed E-state index contributed by atoms with van der Waals surface area (Å²) in [5.41, 5.74) is 5.61. The monoisotopic (exact) mass is 706 g/mol. The van der Waals surface area contributed by atoms with Crippen LogP contribution in [0.4, 0.5) is 17.1 Å². The molecule has 6 aromatic rings. The number of para-hydroxylation sites is 3. The van der Waals surface area contributed by atoms with Crippen molar-refractivity contribution >= 4 is 48.9 Å². The SMILES string of the molecule is CN1[CH-]N(c2[c-]c(S(C)(C)c3[c-]c4c(cc3)c3ccccc3n4-c3ccccn3)ccc2)c2ccccc21.[Pt]. The van der Waals surface area contributed by atoms with Gasteiger partial charge in [0.25, 0.3) is 0 Å². The van der Waals surface area contributed by atoms with E-state index in [-0.39, 0.29) is 21.1 Å². The first-order valence-electron chi connectivity index (χ1n) is 12.6. The van der Waals surface area contributed by atoms with Gasteiger partial charge in [-0.1, -0.05) is 41.9 Å². The Balaban J connectivity index is 0.00000277. The van der Waals surface area contributed by atoms with Gasteiger partial charge in [0.05, 0.1) is 0 Å². The van der Waals surface area contributed by atoms with Gasteiger partial charge in [0.15, 0.2) is 0 Å². The van der Waals surface area contributed by atoms with E-state index in [9.17, 15) is 0 Å². The van der Waals surface area contributed by atoms with Crippen molar-refractivity contribution in [3.8, 4) is 5.82 Å². The molecule has 4 nitrogen and oxygen atoms in total. The predicted octanol–water partition coefficient (Wildman–Crippen LogP) is 7.97. The largest absolute Gasteiger partial charge is 0.504 e. The van der Waals surface area contributed by atoms with E-state index in [1.165, 1.54) is 31.9 Å². The molecule has 0 bridgehead atoms. The zero-order chi connectivity index (χ0) is 25.9. The molecule has 2 aromatic heterocycles. The van der Waals surface area contributed by atoms with E-state index < -0.39 is 10.0 Å². The van der Waals surface area contributed by atoms with Gasteiger partial charge in [-0.15, -0.1) is 39.1 Å². The molecule has 39 heavy (non-hydrogen) atoms. The summed E-state index contributed by atoms with van der Waals surface area (Å²) in [5.74, 6) is 0.904. The van der Waals surface area contributed by atoms with Gasteiger partial charge < -0.3 is 14.4 Å². The van der Waals surface area contributed by atoms with Gasteiger partial charge in [0.1, 0.15) is 5.82 Å². The van der Waals surface area contributed by atoms with E-state index in [0.29, 0.717) is 0 Å². The molecule has 6 heteroatoms. The molecule has 0 saturated carbocycles. The molecule has 0 atom stereocenters. The van der Waals surface area contributed by atoms with Gasteiger partial charge in [-0.3, -0.25) is 0 Å². The Morgan fingerprint density at radius 2 is 1.46 bits per heavy atom. The first-order valence-corrected chi connectivity index (χ1v) is 15.1. The number of pyridine rings is 1. The van der Waals surface area contributed by atoms with E-state index in [2.05, 4.69) is 143 Å². The smallest absolute Gasteiger partial charge is 0.135 e. The van der Waals surface area contributed by atoms with Gasteiger partial charge in [-0.05, 0) is 55.3 Å². The van der Waals surface area contributed by atoms with E-state index in [1.54, 1.807) is 0 Å². The third kappa shape index (κ3) is 4.16. The molecule has 0 unspecified atom stereocenters. The Labute approximate surface area is 245 Å². The number of hydrogen-bond acceptors (Lipinski definition) is 3. The van der Waals surface area contributed by atoms with Crippen LogP contribution in [0.2, 0.25) is 0 Å². The molecule has 0 saturated heterocycles. The number of fused-ring (bicyclic) bond motifs is 4. The quantitative estimate of drug-likeness (QED) is 0.174. The molecule has 0 N–H and O–H groups in total. The second kappa shape index (κ2) is 9.89. The molecule has 1 aliphatic heterocycles. The summed E-state index contributed by atoms with van der Waals surface area (Å²) in [6.45, 7) is 2.13. The van der Waals surface area contributed by atoms with Crippen molar-refractivity contribution in [2.24, 2.45) is 0 Å². The number of aromatic nitrogens is 2. The van der Waals surface area contributed by atoms with Crippen molar-refractivity contribution in [2.45, 2.75) is 9.79 Å². The second-order valence-electron chi connectivity index (χ2n) is 9.94.